The molecule has 0 aromatic heterocycles. The van der Waals surface area contributed by atoms with Crippen molar-refractivity contribution in [1.82, 2.24) is 0 Å². The van der Waals surface area contributed by atoms with Crippen molar-refractivity contribution in [2.24, 2.45) is 0 Å². The number of hydrogen-bond acceptors (Lipinski definition) is 5. The van der Waals surface area contributed by atoms with Crippen LogP contribution in [0.1, 0.15) is 24.8 Å². The van der Waals surface area contributed by atoms with Crippen molar-refractivity contribution >= 4 is 17.3 Å². The monoisotopic (exact) mass is 460 g/mol. The molecule has 3 aromatic rings. The van der Waals surface area contributed by atoms with Gasteiger partial charge in [0.1, 0.15) is 18.1 Å². The summed E-state index contributed by atoms with van der Waals surface area (Å²) in [5, 5.41) is 6.09. The molecular formula is C28H32N2O4. The average Bonchev–Trinajstić information content (AvgIpc) is 3.39. The second kappa shape index (κ2) is 12.7. The van der Waals surface area contributed by atoms with Gasteiger partial charge in [0.05, 0.1) is 24.9 Å². The minimum Gasteiger partial charge on any atom is -0.494 e. The molecule has 1 aliphatic heterocycles. The van der Waals surface area contributed by atoms with Gasteiger partial charge in [-0.25, -0.2) is 0 Å². The number of benzene rings is 3. The van der Waals surface area contributed by atoms with E-state index in [1.165, 1.54) is 5.56 Å². The number of carbonyl (C=O) groups excluding carboxylic acids is 1. The van der Waals surface area contributed by atoms with E-state index >= 15 is 0 Å². The second-order valence-corrected chi connectivity index (χ2v) is 8.31. The van der Waals surface area contributed by atoms with E-state index in [1.54, 1.807) is 0 Å². The molecule has 2 N–H and O–H groups in total. The van der Waals surface area contributed by atoms with Crippen LogP contribution in [0.2, 0.25) is 0 Å². The predicted molar refractivity (Wildman–Crippen MR) is 135 cm³/mol. The summed E-state index contributed by atoms with van der Waals surface area (Å²) in [5.41, 5.74) is 2.79. The number of ether oxygens (including phenoxy) is 3. The lowest BCUT2D eigenvalue weighted by molar-refractivity contribution is -0.114. The molecule has 6 heteroatoms. The van der Waals surface area contributed by atoms with Gasteiger partial charge in [-0.05, 0) is 55.5 Å². The number of hydrogen-bond donors (Lipinski definition) is 2. The van der Waals surface area contributed by atoms with Crippen LogP contribution in [0.25, 0.3) is 0 Å². The molecule has 3 aromatic carbocycles. The largest absolute Gasteiger partial charge is 0.494 e. The molecular weight excluding hydrogens is 428 g/mol. The van der Waals surface area contributed by atoms with E-state index < -0.39 is 0 Å². The zero-order chi connectivity index (χ0) is 23.4. The third kappa shape index (κ3) is 7.52. The van der Waals surface area contributed by atoms with Gasteiger partial charge < -0.3 is 24.8 Å². The minimum absolute atomic E-state index is 0.127. The maximum absolute atomic E-state index is 12.5. The smallest absolute Gasteiger partial charge is 0.243 e. The Balaban J connectivity index is 1.21. The summed E-state index contributed by atoms with van der Waals surface area (Å²) >= 11 is 0. The first-order valence-corrected chi connectivity index (χ1v) is 11.9. The van der Waals surface area contributed by atoms with Crippen molar-refractivity contribution < 1.29 is 19.0 Å². The molecule has 1 heterocycles. The first kappa shape index (κ1) is 23.6. The lowest BCUT2D eigenvalue weighted by Crippen LogP contribution is -2.22. The molecule has 0 aliphatic carbocycles. The highest BCUT2D eigenvalue weighted by Gasteiger charge is 2.17. The standard InChI is InChI=1S/C28H32N2O4/c31-28(20-29-26-15-4-5-16-27(26)34-21-25-14-8-18-33-25)30-23-12-6-13-24(19-23)32-17-7-11-22-9-2-1-3-10-22/h1-6,9-10,12-13,15-16,19,25,29H,7-8,11,14,17-18,20-21H2,(H,30,31). The Morgan fingerprint density at radius 2 is 1.82 bits per heavy atom. The number of carbonyl (C=O) groups is 1. The lowest BCUT2D eigenvalue weighted by atomic mass is 10.1. The van der Waals surface area contributed by atoms with E-state index in [0.29, 0.717) is 18.9 Å². The van der Waals surface area contributed by atoms with Crippen molar-refractivity contribution in [1.29, 1.82) is 0 Å². The summed E-state index contributed by atoms with van der Waals surface area (Å²) in [6.45, 7) is 2.07. The molecule has 0 saturated carbocycles. The highest BCUT2D eigenvalue weighted by atomic mass is 16.5. The van der Waals surface area contributed by atoms with Gasteiger partial charge in [0.2, 0.25) is 5.91 Å². The third-order valence-electron chi connectivity index (χ3n) is 5.61. The van der Waals surface area contributed by atoms with Gasteiger partial charge in [0.25, 0.3) is 0 Å². The van der Waals surface area contributed by atoms with Gasteiger partial charge in [-0.1, -0.05) is 48.5 Å². The first-order chi connectivity index (χ1) is 16.8. The quantitative estimate of drug-likeness (QED) is 0.359. The second-order valence-electron chi connectivity index (χ2n) is 8.31. The Hall–Kier alpha value is -3.51. The third-order valence-corrected chi connectivity index (χ3v) is 5.61. The topological polar surface area (TPSA) is 68.8 Å². The number of rotatable bonds is 12. The normalized spacial score (nSPS) is 15.0. The molecule has 1 atom stereocenters. The van der Waals surface area contributed by atoms with E-state index in [0.717, 1.165) is 49.5 Å². The summed E-state index contributed by atoms with van der Waals surface area (Å²) < 4.78 is 17.4. The lowest BCUT2D eigenvalue weighted by Gasteiger charge is -2.15. The number of anilines is 2. The van der Waals surface area contributed by atoms with Crippen LogP contribution < -0.4 is 20.1 Å². The van der Waals surface area contributed by atoms with E-state index in [4.69, 9.17) is 14.2 Å². The summed E-state index contributed by atoms with van der Waals surface area (Å²) in [5.74, 6) is 1.32. The van der Waals surface area contributed by atoms with Crippen molar-refractivity contribution in [3.05, 3.63) is 84.4 Å². The number of aryl methyl sites for hydroxylation is 1. The average molecular weight is 461 g/mol. The molecule has 1 amide bonds. The molecule has 4 rings (SSSR count). The zero-order valence-corrected chi connectivity index (χ0v) is 19.4. The maximum Gasteiger partial charge on any atom is 0.243 e. The molecule has 6 nitrogen and oxygen atoms in total. The van der Waals surface area contributed by atoms with Crippen molar-refractivity contribution in [2.45, 2.75) is 31.8 Å². The fraction of sp³-hybridized carbons (Fsp3) is 0.321. The maximum atomic E-state index is 12.5. The van der Waals surface area contributed by atoms with Crippen LogP contribution in [0.3, 0.4) is 0 Å². The Bertz CT molecular complexity index is 1040. The summed E-state index contributed by atoms with van der Waals surface area (Å²) in [6, 6.07) is 25.5. The summed E-state index contributed by atoms with van der Waals surface area (Å²) in [4.78, 5) is 12.5. The Labute approximate surface area is 201 Å². The van der Waals surface area contributed by atoms with Crippen LogP contribution in [-0.4, -0.2) is 38.4 Å². The van der Waals surface area contributed by atoms with Gasteiger partial charge in [0, 0.05) is 18.4 Å². The molecule has 1 unspecified atom stereocenters. The van der Waals surface area contributed by atoms with Crippen LogP contribution in [-0.2, 0) is 16.0 Å². The number of nitrogens with one attached hydrogen (secondary N) is 2. The number of amides is 1. The van der Waals surface area contributed by atoms with Crippen LogP contribution in [0.5, 0.6) is 11.5 Å². The van der Waals surface area contributed by atoms with Crippen LogP contribution in [0.4, 0.5) is 11.4 Å². The highest BCUT2D eigenvalue weighted by molar-refractivity contribution is 5.94. The zero-order valence-electron chi connectivity index (χ0n) is 19.4. The van der Waals surface area contributed by atoms with Crippen molar-refractivity contribution in [2.75, 3.05) is 37.0 Å². The Morgan fingerprint density at radius 3 is 2.68 bits per heavy atom. The molecule has 1 aliphatic rings. The van der Waals surface area contributed by atoms with E-state index in [2.05, 4.69) is 22.8 Å². The molecule has 0 spiro atoms. The Morgan fingerprint density at radius 1 is 0.971 bits per heavy atom. The fourth-order valence-corrected chi connectivity index (χ4v) is 3.85. The molecule has 1 saturated heterocycles. The molecule has 34 heavy (non-hydrogen) atoms. The Kier molecular flexibility index (Phi) is 8.80. The van der Waals surface area contributed by atoms with Gasteiger partial charge in [0.15, 0.2) is 0 Å². The van der Waals surface area contributed by atoms with Crippen LogP contribution in [0, 0.1) is 0 Å². The SMILES string of the molecule is O=C(CNc1ccccc1OCC1CCCO1)Nc1cccc(OCCCc2ccccc2)c1. The molecule has 1 fully saturated rings. The van der Waals surface area contributed by atoms with Gasteiger partial charge >= 0.3 is 0 Å². The van der Waals surface area contributed by atoms with Gasteiger partial charge in [-0.15, -0.1) is 0 Å². The van der Waals surface area contributed by atoms with E-state index in [-0.39, 0.29) is 18.6 Å². The van der Waals surface area contributed by atoms with Crippen LogP contribution in [0.15, 0.2) is 78.9 Å². The van der Waals surface area contributed by atoms with Gasteiger partial charge in [-0.3, -0.25) is 4.79 Å². The predicted octanol–water partition coefficient (Wildman–Crippen LogP) is 5.31. The van der Waals surface area contributed by atoms with Crippen LogP contribution >= 0.6 is 0 Å². The van der Waals surface area contributed by atoms with E-state index in [1.807, 2.05) is 66.7 Å². The van der Waals surface area contributed by atoms with Crippen molar-refractivity contribution in [3.8, 4) is 11.5 Å². The summed E-state index contributed by atoms with van der Waals surface area (Å²) in [6.07, 6.45) is 4.15. The summed E-state index contributed by atoms with van der Waals surface area (Å²) in [7, 11) is 0. The number of para-hydroxylation sites is 2. The molecule has 178 valence electrons. The first-order valence-electron chi connectivity index (χ1n) is 11.9. The minimum atomic E-state index is -0.143. The fourth-order valence-electron chi connectivity index (χ4n) is 3.85. The van der Waals surface area contributed by atoms with Crippen molar-refractivity contribution in [3.63, 3.8) is 0 Å². The molecule has 0 radical (unpaired) electrons. The molecule has 0 bridgehead atoms. The van der Waals surface area contributed by atoms with E-state index in [9.17, 15) is 4.79 Å². The highest BCUT2D eigenvalue weighted by Crippen LogP contribution is 2.25. The van der Waals surface area contributed by atoms with Gasteiger partial charge in [-0.2, -0.15) is 0 Å².